The monoisotopic (exact) mass is 230 g/mol. The fraction of sp³-hybridized carbons (Fsp3) is 0.231. The molecule has 2 rings (SSSR count). The van der Waals surface area contributed by atoms with Gasteiger partial charge in [-0.1, -0.05) is 18.2 Å². The van der Waals surface area contributed by atoms with Gasteiger partial charge in [0.2, 0.25) is 0 Å². The van der Waals surface area contributed by atoms with Crippen molar-refractivity contribution >= 4 is 5.69 Å². The number of hydrogen-bond donors (Lipinski definition) is 0. The lowest BCUT2D eigenvalue weighted by Crippen LogP contribution is -2.05. The lowest BCUT2D eigenvalue weighted by Gasteiger charge is -2.09. The molecule has 0 unspecified atom stereocenters. The van der Waals surface area contributed by atoms with Gasteiger partial charge < -0.3 is 4.57 Å². The summed E-state index contributed by atoms with van der Waals surface area (Å²) in [4.78, 5) is 10.6. The highest BCUT2D eigenvalue weighted by molar-refractivity contribution is 5.40. The number of nitrogens with zero attached hydrogens (tertiary/aromatic N) is 2. The quantitative estimate of drug-likeness (QED) is 0.601. The van der Waals surface area contributed by atoms with Crippen LogP contribution in [-0.2, 0) is 6.54 Å². The predicted octanol–water partition coefficient (Wildman–Crippen LogP) is 3.06. The summed E-state index contributed by atoms with van der Waals surface area (Å²) in [6.07, 6.45) is 0. The van der Waals surface area contributed by atoms with Gasteiger partial charge >= 0.3 is 0 Å². The zero-order valence-corrected chi connectivity index (χ0v) is 9.88. The van der Waals surface area contributed by atoms with Gasteiger partial charge in [0.05, 0.1) is 11.5 Å². The Morgan fingerprint density at radius 1 is 1.12 bits per heavy atom. The molecule has 0 fully saturated rings. The number of hydrogen-bond acceptors (Lipinski definition) is 2. The molecule has 0 bridgehead atoms. The number of benzene rings is 1. The average Bonchev–Trinajstić information content (AvgIpc) is 2.61. The number of rotatable bonds is 3. The lowest BCUT2D eigenvalue weighted by molar-refractivity contribution is -0.385. The molecule has 0 spiro atoms. The Hall–Kier alpha value is -2.10. The summed E-state index contributed by atoms with van der Waals surface area (Å²) < 4.78 is 2.07. The fourth-order valence-electron chi connectivity index (χ4n) is 1.94. The van der Waals surface area contributed by atoms with Gasteiger partial charge in [-0.2, -0.15) is 0 Å². The van der Waals surface area contributed by atoms with E-state index in [1.165, 1.54) is 0 Å². The van der Waals surface area contributed by atoms with E-state index in [-0.39, 0.29) is 10.6 Å². The highest BCUT2D eigenvalue weighted by atomic mass is 16.6. The third-order valence-electron chi connectivity index (χ3n) is 2.93. The molecule has 0 saturated heterocycles. The van der Waals surface area contributed by atoms with Crippen molar-refractivity contribution in [2.24, 2.45) is 0 Å². The first kappa shape index (κ1) is 11.4. The molecule has 4 nitrogen and oxygen atoms in total. The molecule has 17 heavy (non-hydrogen) atoms. The maximum Gasteiger partial charge on any atom is 0.274 e. The Labute approximate surface area is 99.7 Å². The van der Waals surface area contributed by atoms with Crippen molar-refractivity contribution in [2.75, 3.05) is 0 Å². The van der Waals surface area contributed by atoms with Crippen LogP contribution in [0.1, 0.15) is 17.0 Å². The normalized spacial score (nSPS) is 10.5. The van der Waals surface area contributed by atoms with Crippen LogP contribution < -0.4 is 0 Å². The number of para-hydroxylation sites is 1. The zero-order valence-electron chi connectivity index (χ0n) is 9.88. The first-order chi connectivity index (χ1) is 8.09. The van der Waals surface area contributed by atoms with Crippen molar-refractivity contribution < 1.29 is 4.92 Å². The second kappa shape index (κ2) is 4.41. The second-order valence-electron chi connectivity index (χ2n) is 4.09. The Morgan fingerprint density at radius 2 is 1.71 bits per heavy atom. The van der Waals surface area contributed by atoms with Crippen LogP contribution in [0.5, 0.6) is 0 Å². The van der Waals surface area contributed by atoms with E-state index in [2.05, 4.69) is 4.57 Å². The molecular weight excluding hydrogens is 216 g/mol. The summed E-state index contributed by atoms with van der Waals surface area (Å²) in [7, 11) is 0. The third-order valence-corrected chi connectivity index (χ3v) is 2.93. The Kier molecular flexibility index (Phi) is 2.95. The predicted molar refractivity (Wildman–Crippen MR) is 66.1 cm³/mol. The van der Waals surface area contributed by atoms with E-state index in [1.807, 2.05) is 32.0 Å². The zero-order chi connectivity index (χ0) is 12.4. The van der Waals surface area contributed by atoms with Gasteiger partial charge in [-0.05, 0) is 26.0 Å². The van der Waals surface area contributed by atoms with Gasteiger partial charge in [-0.3, -0.25) is 10.1 Å². The molecule has 0 amide bonds. The van der Waals surface area contributed by atoms with E-state index < -0.39 is 0 Å². The van der Waals surface area contributed by atoms with Gasteiger partial charge in [-0.15, -0.1) is 0 Å². The summed E-state index contributed by atoms with van der Waals surface area (Å²) in [5.41, 5.74) is 3.14. The van der Waals surface area contributed by atoms with Crippen molar-refractivity contribution in [1.82, 2.24) is 4.57 Å². The minimum Gasteiger partial charge on any atom is -0.345 e. The molecule has 88 valence electrons. The molecule has 0 N–H and O–H groups in total. The van der Waals surface area contributed by atoms with Gasteiger partial charge in [0.1, 0.15) is 0 Å². The van der Waals surface area contributed by atoms with E-state index in [0.29, 0.717) is 6.54 Å². The van der Waals surface area contributed by atoms with Crippen LogP contribution in [0.25, 0.3) is 0 Å². The molecule has 0 aliphatic carbocycles. The van der Waals surface area contributed by atoms with E-state index in [0.717, 1.165) is 17.0 Å². The molecule has 4 heteroatoms. The molecule has 1 aromatic heterocycles. The topological polar surface area (TPSA) is 48.1 Å². The molecular formula is C13H14N2O2. The van der Waals surface area contributed by atoms with Crippen molar-refractivity contribution in [1.29, 1.82) is 0 Å². The average molecular weight is 230 g/mol. The number of nitro groups is 1. The van der Waals surface area contributed by atoms with E-state index in [1.54, 1.807) is 18.2 Å². The largest absolute Gasteiger partial charge is 0.345 e. The van der Waals surface area contributed by atoms with Crippen LogP contribution in [0.15, 0.2) is 36.4 Å². The van der Waals surface area contributed by atoms with E-state index in [4.69, 9.17) is 0 Å². The van der Waals surface area contributed by atoms with Crippen molar-refractivity contribution in [3.05, 3.63) is 63.5 Å². The van der Waals surface area contributed by atoms with Gasteiger partial charge in [-0.25, -0.2) is 0 Å². The highest BCUT2D eigenvalue weighted by Gasteiger charge is 2.13. The van der Waals surface area contributed by atoms with E-state index in [9.17, 15) is 10.1 Å². The highest BCUT2D eigenvalue weighted by Crippen LogP contribution is 2.20. The number of nitro benzene ring substituents is 1. The number of aromatic nitrogens is 1. The SMILES string of the molecule is Cc1ccc(C)n1Cc1ccccc1[N+](=O)[O-]. The van der Waals surface area contributed by atoms with Crippen LogP contribution in [0.4, 0.5) is 5.69 Å². The minimum absolute atomic E-state index is 0.181. The molecule has 0 radical (unpaired) electrons. The number of aryl methyl sites for hydroxylation is 2. The first-order valence-corrected chi connectivity index (χ1v) is 5.44. The van der Waals surface area contributed by atoms with Crippen molar-refractivity contribution in [2.45, 2.75) is 20.4 Å². The van der Waals surface area contributed by atoms with E-state index >= 15 is 0 Å². The fourth-order valence-corrected chi connectivity index (χ4v) is 1.94. The third kappa shape index (κ3) is 2.20. The Bertz CT molecular complexity index is 539. The van der Waals surface area contributed by atoms with Crippen LogP contribution in [0.3, 0.4) is 0 Å². The van der Waals surface area contributed by atoms with Gasteiger partial charge in [0, 0.05) is 23.0 Å². The van der Waals surface area contributed by atoms with Gasteiger partial charge in [0.15, 0.2) is 0 Å². The molecule has 0 aliphatic rings. The van der Waals surface area contributed by atoms with Gasteiger partial charge in [0.25, 0.3) is 5.69 Å². The molecule has 2 aromatic rings. The van der Waals surface area contributed by atoms with Crippen LogP contribution >= 0.6 is 0 Å². The Balaban J connectivity index is 2.40. The summed E-state index contributed by atoms with van der Waals surface area (Å²) in [6.45, 7) is 4.55. The second-order valence-corrected chi connectivity index (χ2v) is 4.09. The van der Waals surface area contributed by atoms with Crippen LogP contribution in [-0.4, -0.2) is 9.49 Å². The molecule has 0 aliphatic heterocycles. The summed E-state index contributed by atoms with van der Waals surface area (Å²) >= 11 is 0. The molecule has 0 atom stereocenters. The smallest absolute Gasteiger partial charge is 0.274 e. The first-order valence-electron chi connectivity index (χ1n) is 5.44. The standard InChI is InChI=1S/C13H14N2O2/c1-10-7-8-11(2)14(10)9-12-5-3-4-6-13(12)15(16)17/h3-8H,9H2,1-2H3. The van der Waals surface area contributed by atoms with Crippen molar-refractivity contribution in [3.63, 3.8) is 0 Å². The summed E-state index contributed by atoms with van der Waals surface area (Å²) in [5.74, 6) is 0. The van der Waals surface area contributed by atoms with Crippen LogP contribution in [0, 0.1) is 24.0 Å². The summed E-state index contributed by atoms with van der Waals surface area (Å²) in [5, 5.41) is 10.9. The summed E-state index contributed by atoms with van der Waals surface area (Å²) in [6, 6.07) is 10.9. The lowest BCUT2D eigenvalue weighted by atomic mass is 10.2. The molecule has 1 heterocycles. The molecule has 0 saturated carbocycles. The molecule has 1 aromatic carbocycles. The van der Waals surface area contributed by atoms with Crippen LogP contribution in [0.2, 0.25) is 0 Å². The maximum atomic E-state index is 10.9. The van der Waals surface area contributed by atoms with Crippen molar-refractivity contribution in [3.8, 4) is 0 Å². The maximum absolute atomic E-state index is 10.9. The Morgan fingerprint density at radius 3 is 2.29 bits per heavy atom. The minimum atomic E-state index is -0.330.